The van der Waals surface area contributed by atoms with E-state index in [1.54, 1.807) is 6.07 Å². The Balaban J connectivity index is 2.18. The van der Waals surface area contributed by atoms with Crippen LogP contribution in [0.3, 0.4) is 0 Å². The monoisotopic (exact) mass is 258 g/mol. The van der Waals surface area contributed by atoms with E-state index in [0.717, 1.165) is 5.82 Å². The van der Waals surface area contributed by atoms with Gasteiger partial charge in [0.15, 0.2) is 11.5 Å². The van der Waals surface area contributed by atoms with Crippen LogP contribution in [-0.4, -0.2) is 23.3 Å². The molecule has 0 saturated heterocycles. The van der Waals surface area contributed by atoms with Gasteiger partial charge in [0.05, 0.1) is 0 Å². The summed E-state index contributed by atoms with van der Waals surface area (Å²) in [4.78, 5) is 2.23. The van der Waals surface area contributed by atoms with Gasteiger partial charge in [0, 0.05) is 13.1 Å². The number of nitrogens with zero attached hydrogens (tertiary/aromatic N) is 4. The maximum absolute atomic E-state index is 8.76. The number of hydrogen-bond acceptors (Lipinski definition) is 4. The van der Waals surface area contributed by atoms with Crippen molar-refractivity contribution in [3.05, 3.63) is 17.8 Å². The lowest BCUT2D eigenvalue weighted by molar-refractivity contribution is 0.220. The first kappa shape index (κ1) is 13.8. The second-order valence-electron chi connectivity index (χ2n) is 6.47. The van der Waals surface area contributed by atoms with Gasteiger partial charge in [-0.25, -0.2) is 0 Å². The van der Waals surface area contributed by atoms with Crippen LogP contribution < -0.4 is 4.90 Å². The van der Waals surface area contributed by atoms with Crippen molar-refractivity contribution in [2.24, 2.45) is 11.3 Å². The summed E-state index contributed by atoms with van der Waals surface area (Å²) in [6.07, 6.45) is 3.77. The molecule has 1 aliphatic carbocycles. The van der Waals surface area contributed by atoms with Crippen molar-refractivity contribution in [3.8, 4) is 6.07 Å². The Kier molecular flexibility index (Phi) is 3.75. The van der Waals surface area contributed by atoms with Crippen LogP contribution in [0.1, 0.15) is 45.7 Å². The molecule has 0 aromatic carbocycles. The van der Waals surface area contributed by atoms with Gasteiger partial charge >= 0.3 is 0 Å². The smallest absolute Gasteiger partial charge is 0.163 e. The molecular weight excluding hydrogens is 236 g/mol. The van der Waals surface area contributed by atoms with Crippen LogP contribution in [-0.2, 0) is 0 Å². The minimum absolute atomic E-state index is 0.315. The molecule has 1 fully saturated rings. The fraction of sp³-hybridized carbons (Fsp3) is 0.667. The predicted octanol–water partition coefficient (Wildman–Crippen LogP) is 3.00. The molecule has 2 rings (SSSR count). The molecule has 1 aliphatic rings. The Morgan fingerprint density at radius 2 is 2.00 bits per heavy atom. The zero-order valence-corrected chi connectivity index (χ0v) is 12.2. The largest absolute Gasteiger partial charge is 0.355 e. The molecule has 1 saturated carbocycles. The Morgan fingerprint density at radius 3 is 2.53 bits per heavy atom. The summed E-state index contributed by atoms with van der Waals surface area (Å²) in [7, 11) is 2.09. The minimum Gasteiger partial charge on any atom is -0.355 e. The van der Waals surface area contributed by atoms with E-state index in [-0.39, 0.29) is 0 Å². The molecule has 2 atom stereocenters. The van der Waals surface area contributed by atoms with E-state index in [4.69, 9.17) is 5.26 Å². The lowest BCUT2D eigenvalue weighted by Gasteiger charge is -2.37. The van der Waals surface area contributed by atoms with Gasteiger partial charge in [-0.1, -0.05) is 27.2 Å². The van der Waals surface area contributed by atoms with Crippen LogP contribution in [0.25, 0.3) is 0 Å². The van der Waals surface area contributed by atoms with Crippen LogP contribution in [0.4, 0.5) is 5.82 Å². The molecule has 4 nitrogen and oxygen atoms in total. The number of nitriles is 1. The van der Waals surface area contributed by atoms with E-state index in [9.17, 15) is 0 Å². The van der Waals surface area contributed by atoms with Crippen molar-refractivity contribution >= 4 is 5.82 Å². The van der Waals surface area contributed by atoms with E-state index in [1.165, 1.54) is 19.3 Å². The second-order valence-corrected chi connectivity index (χ2v) is 6.47. The second kappa shape index (κ2) is 5.16. The Morgan fingerprint density at radius 1 is 1.26 bits per heavy atom. The first-order valence-electron chi connectivity index (χ1n) is 6.90. The standard InChI is InChI=1S/C15H22N4/c1-15(2,3)12-6-5-7-13(12)19(4)14-9-8-11(10-16)17-18-14/h8-9,12-13H,5-7H2,1-4H3. The molecule has 102 valence electrons. The van der Waals surface area contributed by atoms with Gasteiger partial charge in [-0.3, -0.25) is 0 Å². The first-order chi connectivity index (χ1) is 8.93. The van der Waals surface area contributed by atoms with Crippen molar-refractivity contribution in [3.63, 3.8) is 0 Å². The van der Waals surface area contributed by atoms with Crippen LogP contribution in [0, 0.1) is 22.7 Å². The highest BCUT2D eigenvalue weighted by Crippen LogP contribution is 2.42. The predicted molar refractivity (Wildman–Crippen MR) is 75.7 cm³/mol. The zero-order valence-electron chi connectivity index (χ0n) is 12.2. The van der Waals surface area contributed by atoms with E-state index in [2.05, 4.69) is 42.9 Å². The van der Waals surface area contributed by atoms with Gasteiger partial charge < -0.3 is 4.90 Å². The van der Waals surface area contributed by atoms with Crippen molar-refractivity contribution in [1.82, 2.24) is 10.2 Å². The summed E-state index contributed by atoms with van der Waals surface area (Å²) in [5, 5.41) is 16.8. The molecule has 4 heteroatoms. The summed E-state index contributed by atoms with van der Waals surface area (Å²) in [6.45, 7) is 6.94. The highest BCUT2D eigenvalue weighted by molar-refractivity contribution is 5.39. The molecule has 0 spiro atoms. The highest BCUT2D eigenvalue weighted by atomic mass is 15.3. The lowest BCUT2D eigenvalue weighted by Crippen LogP contribution is -2.40. The van der Waals surface area contributed by atoms with Gasteiger partial charge in [0.2, 0.25) is 0 Å². The summed E-state index contributed by atoms with van der Waals surface area (Å²) in [5.41, 5.74) is 0.686. The Labute approximate surface area is 115 Å². The van der Waals surface area contributed by atoms with Crippen molar-refractivity contribution < 1.29 is 0 Å². The van der Waals surface area contributed by atoms with Crippen molar-refractivity contribution in [1.29, 1.82) is 5.26 Å². The average molecular weight is 258 g/mol. The van der Waals surface area contributed by atoms with Gasteiger partial charge in [-0.2, -0.15) is 5.26 Å². The quantitative estimate of drug-likeness (QED) is 0.818. The third kappa shape index (κ3) is 2.86. The maximum atomic E-state index is 8.76. The summed E-state index contributed by atoms with van der Waals surface area (Å²) in [6, 6.07) is 6.15. The number of hydrogen-bond donors (Lipinski definition) is 0. The zero-order chi connectivity index (χ0) is 14.0. The van der Waals surface area contributed by atoms with E-state index in [1.807, 2.05) is 12.1 Å². The van der Waals surface area contributed by atoms with Crippen LogP contribution >= 0.6 is 0 Å². The molecule has 2 unspecified atom stereocenters. The van der Waals surface area contributed by atoms with Gasteiger partial charge in [-0.15, -0.1) is 10.2 Å². The molecule has 19 heavy (non-hydrogen) atoms. The van der Waals surface area contributed by atoms with E-state index < -0.39 is 0 Å². The van der Waals surface area contributed by atoms with E-state index in [0.29, 0.717) is 23.1 Å². The molecule has 0 amide bonds. The fourth-order valence-corrected chi connectivity index (χ4v) is 3.16. The Bertz CT molecular complexity index is 466. The molecule has 1 aromatic heterocycles. The number of rotatable bonds is 2. The van der Waals surface area contributed by atoms with Gasteiger partial charge in [0.25, 0.3) is 0 Å². The van der Waals surface area contributed by atoms with Gasteiger partial charge in [0.1, 0.15) is 6.07 Å². The average Bonchev–Trinajstić information content (AvgIpc) is 2.87. The SMILES string of the molecule is CN(c1ccc(C#N)nn1)C1CCCC1C(C)(C)C. The lowest BCUT2D eigenvalue weighted by atomic mass is 9.77. The van der Waals surface area contributed by atoms with E-state index >= 15 is 0 Å². The van der Waals surface area contributed by atoms with Crippen molar-refractivity contribution in [2.75, 3.05) is 11.9 Å². The minimum atomic E-state index is 0.315. The first-order valence-corrected chi connectivity index (χ1v) is 6.90. The van der Waals surface area contributed by atoms with Crippen LogP contribution in [0.5, 0.6) is 0 Å². The number of aromatic nitrogens is 2. The highest BCUT2D eigenvalue weighted by Gasteiger charge is 2.38. The topological polar surface area (TPSA) is 52.8 Å². The van der Waals surface area contributed by atoms with Gasteiger partial charge in [-0.05, 0) is 36.3 Å². The molecule has 0 aliphatic heterocycles. The molecule has 1 heterocycles. The molecule has 0 N–H and O–H groups in total. The fourth-order valence-electron chi connectivity index (χ4n) is 3.16. The number of anilines is 1. The Hall–Kier alpha value is -1.63. The van der Waals surface area contributed by atoms with Crippen LogP contribution in [0.15, 0.2) is 12.1 Å². The third-order valence-electron chi connectivity index (χ3n) is 4.22. The summed E-state index contributed by atoms with van der Waals surface area (Å²) < 4.78 is 0. The molecule has 0 radical (unpaired) electrons. The molecular formula is C15H22N4. The normalized spacial score (nSPS) is 23.1. The summed E-state index contributed by atoms with van der Waals surface area (Å²) in [5.74, 6) is 1.54. The molecule has 1 aromatic rings. The van der Waals surface area contributed by atoms with Crippen LogP contribution in [0.2, 0.25) is 0 Å². The third-order valence-corrected chi connectivity index (χ3v) is 4.22. The maximum Gasteiger partial charge on any atom is 0.163 e. The summed E-state index contributed by atoms with van der Waals surface area (Å²) >= 11 is 0. The molecule has 0 bridgehead atoms. The van der Waals surface area contributed by atoms with Crippen molar-refractivity contribution in [2.45, 2.75) is 46.1 Å².